The molecule has 4 rings (SSSR count). The van der Waals surface area contributed by atoms with Gasteiger partial charge in [0.1, 0.15) is 0 Å². The first-order valence-electron chi connectivity index (χ1n) is 9.69. The Morgan fingerprint density at radius 2 is 1.94 bits per heavy atom. The molecule has 3 N–H and O–H groups in total. The maximum absolute atomic E-state index is 12.5. The van der Waals surface area contributed by atoms with Crippen molar-refractivity contribution in [2.45, 2.75) is 19.9 Å². The van der Waals surface area contributed by atoms with Crippen molar-refractivity contribution in [2.24, 2.45) is 0 Å². The van der Waals surface area contributed by atoms with Gasteiger partial charge in [0.25, 0.3) is 5.91 Å². The van der Waals surface area contributed by atoms with Crippen LogP contribution in [0.4, 0.5) is 16.5 Å². The van der Waals surface area contributed by atoms with E-state index in [1.54, 1.807) is 36.4 Å². The summed E-state index contributed by atoms with van der Waals surface area (Å²) in [7, 11) is 0. The topological polar surface area (TPSA) is 117 Å². The van der Waals surface area contributed by atoms with Crippen molar-refractivity contribution >= 4 is 45.6 Å². The number of fused-ring (bicyclic) bond motifs is 1. The zero-order chi connectivity index (χ0) is 21.8. The van der Waals surface area contributed by atoms with Gasteiger partial charge in [0, 0.05) is 42.7 Å². The number of aromatic nitrogens is 1. The molecule has 3 amide bonds. The van der Waals surface area contributed by atoms with Gasteiger partial charge in [-0.2, -0.15) is 0 Å². The van der Waals surface area contributed by atoms with E-state index in [1.807, 2.05) is 4.90 Å². The number of furan rings is 1. The SMILES string of the molecule is CC(=O)Nc1cccc(NC(=O)CN2CCc3nc(NC(=O)c4ccco4)sc3C2)c1. The van der Waals surface area contributed by atoms with Gasteiger partial charge in [-0.25, -0.2) is 4.98 Å². The normalized spacial score (nSPS) is 13.3. The third kappa shape index (κ3) is 5.36. The first-order valence-corrected chi connectivity index (χ1v) is 10.5. The van der Waals surface area contributed by atoms with E-state index in [1.165, 1.54) is 24.5 Å². The highest BCUT2D eigenvalue weighted by Crippen LogP contribution is 2.28. The van der Waals surface area contributed by atoms with Crippen LogP contribution in [0.2, 0.25) is 0 Å². The number of carbonyl (C=O) groups is 3. The Morgan fingerprint density at radius 3 is 2.68 bits per heavy atom. The molecule has 0 bridgehead atoms. The maximum atomic E-state index is 12.5. The lowest BCUT2D eigenvalue weighted by atomic mass is 10.2. The Hall–Kier alpha value is -3.50. The molecule has 0 spiro atoms. The van der Waals surface area contributed by atoms with Crippen LogP contribution in [0.5, 0.6) is 0 Å². The number of carbonyl (C=O) groups excluding carboxylic acids is 3. The molecule has 0 saturated heterocycles. The van der Waals surface area contributed by atoms with Crippen LogP contribution >= 0.6 is 11.3 Å². The number of nitrogens with zero attached hydrogens (tertiary/aromatic N) is 2. The van der Waals surface area contributed by atoms with Crippen LogP contribution in [0.15, 0.2) is 47.1 Å². The molecular formula is C21H21N5O4S. The van der Waals surface area contributed by atoms with Crippen LogP contribution in [0.3, 0.4) is 0 Å². The van der Waals surface area contributed by atoms with Crippen molar-refractivity contribution in [1.29, 1.82) is 0 Å². The molecule has 2 aromatic heterocycles. The Morgan fingerprint density at radius 1 is 1.13 bits per heavy atom. The third-order valence-corrected chi connectivity index (χ3v) is 5.61. The van der Waals surface area contributed by atoms with E-state index < -0.39 is 0 Å². The molecule has 1 aliphatic heterocycles. The minimum Gasteiger partial charge on any atom is -0.459 e. The summed E-state index contributed by atoms with van der Waals surface area (Å²) in [6.45, 7) is 2.95. The Labute approximate surface area is 182 Å². The fourth-order valence-corrected chi connectivity index (χ4v) is 4.33. The Balaban J connectivity index is 1.33. The number of amides is 3. The third-order valence-electron chi connectivity index (χ3n) is 4.61. The summed E-state index contributed by atoms with van der Waals surface area (Å²) in [6.07, 6.45) is 2.15. The van der Waals surface area contributed by atoms with Gasteiger partial charge in [0.05, 0.1) is 18.5 Å². The smallest absolute Gasteiger partial charge is 0.293 e. The summed E-state index contributed by atoms with van der Waals surface area (Å²) in [6, 6.07) is 10.3. The highest BCUT2D eigenvalue weighted by atomic mass is 32.1. The van der Waals surface area contributed by atoms with Gasteiger partial charge < -0.3 is 15.1 Å². The van der Waals surface area contributed by atoms with Crippen LogP contribution in [0.25, 0.3) is 0 Å². The molecule has 31 heavy (non-hydrogen) atoms. The predicted molar refractivity (Wildman–Crippen MR) is 117 cm³/mol. The molecule has 0 atom stereocenters. The molecular weight excluding hydrogens is 418 g/mol. The summed E-state index contributed by atoms with van der Waals surface area (Å²) in [5, 5.41) is 8.83. The van der Waals surface area contributed by atoms with Gasteiger partial charge in [-0.15, -0.1) is 11.3 Å². The first kappa shape index (κ1) is 20.8. The van der Waals surface area contributed by atoms with Gasteiger partial charge in [-0.05, 0) is 30.3 Å². The number of rotatable bonds is 6. The van der Waals surface area contributed by atoms with E-state index in [0.717, 1.165) is 10.6 Å². The van der Waals surface area contributed by atoms with Crippen LogP contribution in [-0.4, -0.2) is 40.7 Å². The molecule has 10 heteroatoms. The summed E-state index contributed by atoms with van der Waals surface area (Å²) in [5.74, 6) is -0.418. The first-order chi connectivity index (χ1) is 15.0. The average molecular weight is 439 g/mol. The highest BCUT2D eigenvalue weighted by molar-refractivity contribution is 7.15. The zero-order valence-electron chi connectivity index (χ0n) is 16.8. The molecule has 1 aliphatic rings. The van der Waals surface area contributed by atoms with Crippen LogP contribution in [-0.2, 0) is 22.6 Å². The predicted octanol–water partition coefficient (Wildman–Crippen LogP) is 2.94. The van der Waals surface area contributed by atoms with Crippen molar-refractivity contribution in [1.82, 2.24) is 9.88 Å². The Bertz CT molecular complexity index is 1110. The maximum Gasteiger partial charge on any atom is 0.293 e. The van der Waals surface area contributed by atoms with Gasteiger partial charge in [-0.3, -0.25) is 24.6 Å². The number of hydrogen-bond acceptors (Lipinski definition) is 7. The molecule has 3 aromatic rings. The lowest BCUT2D eigenvalue weighted by molar-refractivity contribution is -0.117. The highest BCUT2D eigenvalue weighted by Gasteiger charge is 2.23. The average Bonchev–Trinajstić information content (AvgIpc) is 3.36. The molecule has 160 valence electrons. The van der Waals surface area contributed by atoms with E-state index in [9.17, 15) is 14.4 Å². The lowest BCUT2D eigenvalue weighted by Crippen LogP contribution is -2.36. The second-order valence-electron chi connectivity index (χ2n) is 7.09. The molecule has 1 aromatic carbocycles. The lowest BCUT2D eigenvalue weighted by Gasteiger charge is -2.25. The molecule has 0 saturated carbocycles. The Kier molecular flexibility index (Phi) is 6.10. The molecule has 0 fully saturated rings. The fraction of sp³-hybridized carbons (Fsp3) is 0.238. The zero-order valence-corrected chi connectivity index (χ0v) is 17.6. The van der Waals surface area contributed by atoms with Crippen LogP contribution in [0, 0.1) is 0 Å². The molecule has 0 radical (unpaired) electrons. The van der Waals surface area contributed by atoms with Gasteiger partial charge in [-0.1, -0.05) is 6.07 Å². The number of nitrogens with one attached hydrogen (secondary N) is 3. The van der Waals surface area contributed by atoms with Crippen LogP contribution in [0.1, 0.15) is 28.0 Å². The molecule has 9 nitrogen and oxygen atoms in total. The summed E-state index contributed by atoms with van der Waals surface area (Å²) < 4.78 is 5.10. The van der Waals surface area contributed by atoms with Crippen LogP contribution < -0.4 is 16.0 Å². The number of benzene rings is 1. The van der Waals surface area contributed by atoms with Crippen molar-refractivity contribution < 1.29 is 18.8 Å². The second-order valence-corrected chi connectivity index (χ2v) is 8.17. The largest absolute Gasteiger partial charge is 0.459 e. The number of hydrogen-bond donors (Lipinski definition) is 3. The van der Waals surface area contributed by atoms with E-state index in [4.69, 9.17) is 4.42 Å². The minimum atomic E-state index is -0.339. The van der Waals surface area contributed by atoms with E-state index in [2.05, 4.69) is 20.9 Å². The van der Waals surface area contributed by atoms with Crippen molar-refractivity contribution in [3.8, 4) is 0 Å². The molecule has 0 unspecified atom stereocenters. The van der Waals surface area contributed by atoms with E-state index >= 15 is 0 Å². The monoisotopic (exact) mass is 439 g/mol. The van der Waals surface area contributed by atoms with Gasteiger partial charge in [0.15, 0.2) is 10.9 Å². The minimum absolute atomic E-state index is 0.140. The molecule has 3 heterocycles. The van der Waals surface area contributed by atoms with E-state index in [-0.39, 0.29) is 30.0 Å². The van der Waals surface area contributed by atoms with E-state index in [0.29, 0.717) is 36.0 Å². The number of anilines is 3. The van der Waals surface area contributed by atoms with Gasteiger partial charge in [0.2, 0.25) is 11.8 Å². The standard InChI is InChI=1S/C21H21N5O4S/c1-13(27)22-14-4-2-5-15(10-14)23-19(28)12-26-8-7-16-18(11-26)31-21(24-16)25-20(29)17-6-3-9-30-17/h2-6,9-10H,7-8,11-12H2,1H3,(H,22,27)(H,23,28)(H,24,25,29). The number of thiazole rings is 1. The van der Waals surface area contributed by atoms with Gasteiger partial charge >= 0.3 is 0 Å². The second kappa shape index (κ2) is 9.11. The van der Waals surface area contributed by atoms with Crippen molar-refractivity contribution in [3.63, 3.8) is 0 Å². The summed E-state index contributed by atoms with van der Waals surface area (Å²) in [4.78, 5) is 43.4. The van der Waals surface area contributed by atoms with Crippen molar-refractivity contribution in [2.75, 3.05) is 29.0 Å². The summed E-state index contributed by atoms with van der Waals surface area (Å²) >= 11 is 1.41. The molecule has 0 aliphatic carbocycles. The fourth-order valence-electron chi connectivity index (χ4n) is 3.28. The quantitative estimate of drug-likeness (QED) is 0.544. The van der Waals surface area contributed by atoms with Crippen molar-refractivity contribution in [3.05, 3.63) is 59.0 Å². The summed E-state index contributed by atoms with van der Waals surface area (Å²) in [5.41, 5.74) is 2.19.